The zero-order valence-electron chi connectivity index (χ0n) is 10.7. The van der Waals surface area contributed by atoms with E-state index in [2.05, 4.69) is 5.10 Å². The SMILES string of the molecule is Cc1nn(C)c(Cl)c1CC1(C(=O)O)CCS(=O)(=O)C1. The molecule has 0 saturated carbocycles. The van der Waals surface area contributed by atoms with Gasteiger partial charge in [0.1, 0.15) is 5.15 Å². The van der Waals surface area contributed by atoms with Gasteiger partial charge >= 0.3 is 5.97 Å². The van der Waals surface area contributed by atoms with Crippen LogP contribution in [-0.2, 0) is 28.1 Å². The molecule has 1 N–H and O–H groups in total. The van der Waals surface area contributed by atoms with Crippen molar-refractivity contribution in [2.75, 3.05) is 11.5 Å². The molecule has 2 rings (SSSR count). The Morgan fingerprint density at radius 3 is 2.58 bits per heavy atom. The lowest BCUT2D eigenvalue weighted by atomic mass is 9.81. The summed E-state index contributed by atoms with van der Waals surface area (Å²) in [5.41, 5.74) is -0.0305. The third-order valence-corrected chi connectivity index (χ3v) is 5.92. The molecule has 1 unspecified atom stereocenters. The number of aryl methyl sites for hydroxylation is 2. The molecular formula is C11H15ClN2O4S. The molecule has 8 heteroatoms. The topological polar surface area (TPSA) is 89.3 Å². The van der Waals surface area contributed by atoms with Crippen LogP contribution in [0.1, 0.15) is 17.7 Å². The second kappa shape index (κ2) is 4.49. The number of sulfone groups is 1. The maximum atomic E-state index is 11.6. The minimum Gasteiger partial charge on any atom is -0.481 e. The molecule has 1 saturated heterocycles. The van der Waals surface area contributed by atoms with E-state index in [9.17, 15) is 18.3 Å². The molecule has 1 aromatic rings. The number of carboxylic acids is 1. The Kier molecular flexibility index (Phi) is 3.38. The van der Waals surface area contributed by atoms with Crippen LogP contribution in [0, 0.1) is 12.3 Å². The van der Waals surface area contributed by atoms with Crippen LogP contribution in [0.3, 0.4) is 0 Å². The van der Waals surface area contributed by atoms with Crippen LogP contribution in [0.5, 0.6) is 0 Å². The van der Waals surface area contributed by atoms with E-state index in [1.807, 2.05) is 0 Å². The summed E-state index contributed by atoms with van der Waals surface area (Å²) in [7, 11) is -1.62. The summed E-state index contributed by atoms with van der Waals surface area (Å²) in [6.45, 7) is 1.74. The van der Waals surface area contributed by atoms with Crippen LogP contribution in [0.25, 0.3) is 0 Å². The van der Waals surface area contributed by atoms with Gasteiger partial charge in [0.2, 0.25) is 0 Å². The summed E-state index contributed by atoms with van der Waals surface area (Å²) in [6.07, 6.45) is 0.218. The summed E-state index contributed by atoms with van der Waals surface area (Å²) >= 11 is 6.09. The first-order valence-electron chi connectivity index (χ1n) is 5.79. The summed E-state index contributed by atoms with van der Waals surface area (Å²) in [5.74, 6) is -1.51. The molecule has 106 valence electrons. The lowest BCUT2D eigenvalue weighted by Crippen LogP contribution is -2.34. The van der Waals surface area contributed by atoms with Crippen LogP contribution in [0.2, 0.25) is 5.15 Å². The van der Waals surface area contributed by atoms with E-state index in [1.165, 1.54) is 4.68 Å². The van der Waals surface area contributed by atoms with Crippen molar-refractivity contribution in [1.82, 2.24) is 9.78 Å². The first kappa shape index (κ1) is 14.3. The van der Waals surface area contributed by atoms with Gasteiger partial charge in [0.25, 0.3) is 0 Å². The highest BCUT2D eigenvalue weighted by molar-refractivity contribution is 7.91. The molecule has 0 amide bonds. The molecule has 0 spiro atoms. The number of halogens is 1. The van der Waals surface area contributed by atoms with Crippen molar-refractivity contribution in [3.05, 3.63) is 16.4 Å². The highest BCUT2D eigenvalue weighted by atomic mass is 35.5. The monoisotopic (exact) mass is 306 g/mol. The lowest BCUT2D eigenvalue weighted by molar-refractivity contribution is -0.147. The standard InChI is InChI=1S/C11H15ClN2O4S/c1-7-8(9(12)14(2)13-7)5-11(10(15)16)3-4-19(17,18)6-11/h3-6H2,1-2H3,(H,15,16). The van der Waals surface area contributed by atoms with Crippen LogP contribution < -0.4 is 0 Å². The van der Waals surface area contributed by atoms with Crippen molar-refractivity contribution >= 4 is 27.4 Å². The quantitative estimate of drug-likeness (QED) is 0.893. The molecule has 1 atom stereocenters. The van der Waals surface area contributed by atoms with E-state index < -0.39 is 21.2 Å². The minimum absolute atomic E-state index is 0.0871. The molecule has 19 heavy (non-hydrogen) atoms. The Morgan fingerprint density at radius 2 is 2.21 bits per heavy atom. The van der Waals surface area contributed by atoms with Crippen molar-refractivity contribution in [2.24, 2.45) is 12.5 Å². The first-order chi connectivity index (χ1) is 8.67. The minimum atomic E-state index is -3.29. The van der Waals surface area contributed by atoms with Crippen LogP contribution >= 0.6 is 11.6 Å². The number of aromatic nitrogens is 2. The first-order valence-corrected chi connectivity index (χ1v) is 7.99. The molecule has 1 aliphatic rings. The van der Waals surface area contributed by atoms with Crippen molar-refractivity contribution in [2.45, 2.75) is 19.8 Å². The number of nitrogens with zero attached hydrogens (tertiary/aromatic N) is 2. The van der Waals surface area contributed by atoms with Crippen molar-refractivity contribution < 1.29 is 18.3 Å². The molecule has 0 aromatic carbocycles. The highest BCUT2D eigenvalue weighted by Crippen LogP contribution is 2.38. The second-order valence-electron chi connectivity index (χ2n) is 5.08. The third-order valence-electron chi connectivity index (χ3n) is 3.63. The average molecular weight is 307 g/mol. The number of carboxylic acid groups (broad SMARTS) is 1. The van der Waals surface area contributed by atoms with Gasteiger partial charge in [0.15, 0.2) is 9.84 Å². The van der Waals surface area contributed by atoms with Crippen LogP contribution in [0.4, 0.5) is 0 Å². The Balaban J connectivity index is 2.41. The van der Waals surface area contributed by atoms with Gasteiger partial charge in [-0.25, -0.2) is 8.42 Å². The Labute approximate surface area is 116 Å². The van der Waals surface area contributed by atoms with E-state index in [0.717, 1.165) is 0 Å². The maximum absolute atomic E-state index is 11.6. The molecule has 0 bridgehead atoms. The Morgan fingerprint density at radius 1 is 1.58 bits per heavy atom. The predicted octanol–water partition coefficient (Wildman–Crippen LogP) is 0.814. The Bertz CT molecular complexity index is 637. The number of hydrogen-bond acceptors (Lipinski definition) is 4. The molecule has 1 fully saturated rings. The van der Waals surface area contributed by atoms with Gasteiger partial charge < -0.3 is 5.11 Å². The maximum Gasteiger partial charge on any atom is 0.311 e. The summed E-state index contributed by atoms with van der Waals surface area (Å²) < 4.78 is 24.7. The van der Waals surface area contributed by atoms with Crippen molar-refractivity contribution in [3.63, 3.8) is 0 Å². The highest BCUT2D eigenvalue weighted by Gasteiger charge is 2.49. The fourth-order valence-electron chi connectivity index (χ4n) is 2.51. The van der Waals surface area contributed by atoms with E-state index in [-0.39, 0.29) is 24.3 Å². The zero-order chi connectivity index (χ0) is 14.4. The molecule has 0 radical (unpaired) electrons. The zero-order valence-corrected chi connectivity index (χ0v) is 12.3. The molecular weight excluding hydrogens is 292 g/mol. The number of hydrogen-bond donors (Lipinski definition) is 1. The van der Waals surface area contributed by atoms with Gasteiger partial charge in [-0.3, -0.25) is 9.48 Å². The van der Waals surface area contributed by atoms with E-state index in [1.54, 1.807) is 14.0 Å². The number of aliphatic carboxylic acids is 1. The molecule has 6 nitrogen and oxygen atoms in total. The van der Waals surface area contributed by atoms with Gasteiger partial charge in [-0.15, -0.1) is 0 Å². The molecule has 2 heterocycles. The molecule has 0 aliphatic carbocycles. The number of carbonyl (C=O) groups is 1. The van der Waals surface area contributed by atoms with E-state index in [0.29, 0.717) is 16.4 Å². The summed E-state index contributed by atoms with van der Waals surface area (Å²) in [5, 5.41) is 13.9. The van der Waals surface area contributed by atoms with E-state index in [4.69, 9.17) is 11.6 Å². The van der Waals surface area contributed by atoms with Crippen LogP contribution in [-0.4, -0.2) is 40.8 Å². The smallest absolute Gasteiger partial charge is 0.311 e. The average Bonchev–Trinajstić information content (AvgIpc) is 2.72. The van der Waals surface area contributed by atoms with Gasteiger partial charge in [-0.2, -0.15) is 5.10 Å². The fourth-order valence-corrected chi connectivity index (χ4v) is 4.81. The lowest BCUT2D eigenvalue weighted by Gasteiger charge is -2.22. The largest absolute Gasteiger partial charge is 0.481 e. The predicted molar refractivity (Wildman–Crippen MR) is 70.0 cm³/mol. The van der Waals surface area contributed by atoms with Gasteiger partial charge in [0.05, 0.1) is 22.6 Å². The third kappa shape index (κ3) is 2.49. The normalized spacial score (nSPS) is 25.6. The van der Waals surface area contributed by atoms with Crippen molar-refractivity contribution in [1.29, 1.82) is 0 Å². The van der Waals surface area contributed by atoms with Gasteiger partial charge in [-0.1, -0.05) is 11.6 Å². The van der Waals surface area contributed by atoms with Gasteiger partial charge in [0, 0.05) is 12.6 Å². The fraction of sp³-hybridized carbons (Fsp3) is 0.636. The van der Waals surface area contributed by atoms with E-state index >= 15 is 0 Å². The second-order valence-corrected chi connectivity index (χ2v) is 7.62. The summed E-state index contributed by atoms with van der Waals surface area (Å²) in [6, 6.07) is 0. The van der Waals surface area contributed by atoms with Crippen molar-refractivity contribution in [3.8, 4) is 0 Å². The molecule has 1 aliphatic heterocycles. The van der Waals surface area contributed by atoms with Crippen LogP contribution in [0.15, 0.2) is 0 Å². The molecule has 1 aromatic heterocycles. The number of rotatable bonds is 3. The summed E-state index contributed by atoms with van der Waals surface area (Å²) in [4.78, 5) is 11.5. The Hall–Kier alpha value is -1.08. The van der Waals surface area contributed by atoms with Gasteiger partial charge in [-0.05, 0) is 19.8 Å².